The molecule has 0 bridgehead atoms. The second-order valence-electron chi connectivity index (χ2n) is 6.69. The molecule has 3 rings (SSSR count). The molecule has 27 heavy (non-hydrogen) atoms. The zero-order valence-electron chi connectivity index (χ0n) is 16.1. The van der Waals surface area contributed by atoms with E-state index in [-0.39, 0.29) is 5.75 Å². The maximum absolute atomic E-state index is 11.9. The Hall–Kier alpha value is -2.00. The molecular weight excluding hydrogens is 366 g/mol. The van der Waals surface area contributed by atoms with Crippen LogP contribution in [0.25, 0.3) is 0 Å². The Morgan fingerprint density at radius 3 is 2.56 bits per heavy atom. The molecule has 0 saturated carbocycles. The Kier molecular flexibility index (Phi) is 6.43. The lowest BCUT2D eigenvalue weighted by Crippen LogP contribution is -2.53. The van der Waals surface area contributed by atoms with Crippen molar-refractivity contribution in [3.05, 3.63) is 24.3 Å². The fourth-order valence-electron chi connectivity index (χ4n) is 3.62. The summed E-state index contributed by atoms with van der Waals surface area (Å²) in [5.74, 6) is 1.98. The number of ether oxygens (including phenoxy) is 1. The molecule has 0 unspecified atom stereocenters. The molecule has 2 fully saturated rings. The molecule has 2 aliphatic rings. The SMILES string of the molecule is CN=C(NCCN1CCCS1(=O)=O)N1CCN(c2ccccc2OC)CC1. The number of para-hydroxylation sites is 2. The lowest BCUT2D eigenvalue weighted by molar-refractivity contribution is 0.364. The maximum atomic E-state index is 11.9. The standard InChI is InChI=1S/C18H29N5O3S/c1-19-18(20-8-10-23-9-5-15-27(23,24)25)22-13-11-21(12-14-22)16-6-3-4-7-17(16)26-2/h3-4,6-7H,5,8-15H2,1-2H3,(H,19,20). The van der Waals surface area contributed by atoms with Crippen molar-refractivity contribution in [1.82, 2.24) is 14.5 Å². The average Bonchev–Trinajstić information content (AvgIpc) is 3.03. The predicted molar refractivity (Wildman–Crippen MR) is 108 cm³/mol. The van der Waals surface area contributed by atoms with Gasteiger partial charge in [-0.05, 0) is 18.6 Å². The van der Waals surface area contributed by atoms with Gasteiger partial charge in [0.1, 0.15) is 5.75 Å². The number of nitrogens with zero attached hydrogens (tertiary/aromatic N) is 4. The minimum absolute atomic E-state index is 0.270. The Morgan fingerprint density at radius 2 is 1.93 bits per heavy atom. The maximum Gasteiger partial charge on any atom is 0.214 e. The third kappa shape index (κ3) is 4.65. The van der Waals surface area contributed by atoms with E-state index >= 15 is 0 Å². The van der Waals surface area contributed by atoms with E-state index in [1.54, 1.807) is 18.5 Å². The van der Waals surface area contributed by atoms with Crippen molar-refractivity contribution >= 4 is 21.7 Å². The van der Waals surface area contributed by atoms with Crippen molar-refractivity contribution in [1.29, 1.82) is 0 Å². The van der Waals surface area contributed by atoms with Gasteiger partial charge in [0, 0.05) is 52.9 Å². The van der Waals surface area contributed by atoms with Gasteiger partial charge in [0.15, 0.2) is 5.96 Å². The van der Waals surface area contributed by atoms with Crippen LogP contribution >= 0.6 is 0 Å². The second kappa shape index (κ2) is 8.79. The Balaban J connectivity index is 1.50. The number of hydrogen-bond acceptors (Lipinski definition) is 5. The molecule has 1 aromatic carbocycles. The summed E-state index contributed by atoms with van der Waals surface area (Å²) in [6.07, 6.45) is 0.724. The summed E-state index contributed by atoms with van der Waals surface area (Å²) in [5, 5.41) is 3.31. The Bertz CT molecular complexity index is 760. The molecule has 0 amide bonds. The lowest BCUT2D eigenvalue weighted by Gasteiger charge is -2.38. The first-order valence-corrected chi connectivity index (χ1v) is 11.0. The van der Waals surface area contributed by atoms with E-state index in [2.05, 4.69) is 26.2 Å². The highest BCUT2D eigenvalue weighted by Crippen LogP contribution is 2.28. The monoisotopic (exact) mass is 395 g/mol. The van der Waals surface area contributed by atoms with Crippen LogP contribution < -0.4 is 15.0 Å². The highest BCUT2D eigenvalue weighted by Gasteiger charge is 2.28. The summed E-state index contributed by atoms with van der Waals surface area (Å²) in [5.41, 5.74) is 1.11. The van der Waals surface area contributed by atoms with Crippen molar-refractivity contribution in [2.24, 2.45) is 4.99 Å². The third-order valence-electron chi connectivity index (χ3n) is 5.06. The molecule has 2 heterocycles. The molecule has 9 heteroatoms. The molecule has 0 spiro atoms. The van der Waals surface area contributed by atoms with Crippen LogP contribution in [0.4, 0.5) is 5.69 Å². The predicted octanol–water partition coefficient (Wildman–Crippen LogP) is 0.428. The fourth-order valence-corrected chi connectivity index (χ4v) is 5.15. The van der Waals surface area contributed by atoms with Gasteiger partial charge in [-0.1, -0.05) is 12.1 Å². The summed E-state index contributed by atoms with van der Waals surface area (Å²) < 4.78 is 30.8. The van der Waals surface area contributed by atoms with Crippen LogP contribution in [0.1, 0.15) is 6.42 Å². The fraction of sp³-hybridized carbons (Fsp3) is 0.611. The van der Waals surface area contributed by atoms with E-state index in [4.69, 9.17) is 4.74 Å². The zero-order valence-corrected chi connectivity index (χ0v) is 16.9. The molecule has 1 N–H and O–H groups in total. The van der Waals surface area contributed by atoms with Crippen molar-refractivity contribution in [2.45, 2.75) is 6.42 Å². The van der Waals surface area contributed by atoms with E-state index in [1.807, 2.05) is 18.2 Å². The van der Waals surface area contributed by atoms with Crippen LogP contribution in [0.3, 0.4) is 0 Å². The van der Waals surface area contributed by atoms with Crippen molar-refractivity contribution in [2.75, 3.05) is 70.6 Å². The molecule has 0 radical (unpaired) electrons. The molecule has 0 aromatic heterocycles. The summed E-state index contributed by atoms with van der Waals surface area (Å²) in [4.78, 5) is 8.90. The van der Waals surface area contributed by atoms with Gasteiger partial charge in [0.05, 0.1) is 18.6 Å². The molecule has 2 saturated heterocycles. The minimum Gasteiger partial charge on any atom is -0.495 e. The molecule has 2 aliphatic heterocycles. The number of sulfonamides is 1. The Labute approximate surface area is 161 Å². The lowest BCUT2D eigenvalue weighted by atomic mass is 10.2. The topological polar surface area (TPSA) is 77.5 Å². The van der Waals surface area contributed by atoms with Gasteiger partial charge in [-0.3, -0.25) is 4.99 Å². The van der Waals surface area contributed by atoms with Gasteiger partial charge >= 0.3 is 0 Å². The molecule has 150 valence electrons. The summed E-state index contributed by atoms with van der Waals surface area (Å²) in [7, 11) is 0.421. The normalized spacial score (nSPS) is 20.7. The van der Waals surface area contributed by atoms with Crippen LogP contribution in [0.2, 0.25) is 0 Å². The Morgan fingerprint density at radius 1 is 1.19 bits per heavy atom. The summed E-state index contributed by atoms with van der Waals surface area (Å²) in [6, 6.07) is 8.06. The van der Waals surface area contributed by atoms with E-state index in [0.29, 0.717) is 19.6 Å². The van der Waals surface area contributed by atoms with E-state index in [0.717, 1.165) is 50.0 Å². The highest BCUT2D eigenvalue weighted by molar-refractivity contribution is 7.89. The summed E-state index contributed by atoms with van der Waals surface area (Å²) >= 11 is 0. The van der Waals surface area contributed by atoms with E-state index in [9.17, 15) is 8.42 Å². The van der Waals surface area contributed by atoms with Gasteiger partial charge in [-0.15, -0.1) is 0 Å². The minimum atomic E-state index is -3.04. The number of hydrogen-bond donors (Lipinski definition) is 1. The number of rotatable bonds is 5. The number of benzene rings is 1. The molecule has 0 atom stereocenters. The average molecular weight is 396 g/mol. The van der Waals surface area contributed by atoms with E-state index in [1.165, 1.54) is 0 Å². The van der Waals surface area contributed by atoms with Crippen molar-refractivity contribution < 1.29 is 13.2 Å². The van der Waals surface area contributed by atoms with Gasteiger partial charge in [0.2, 0.25) is 10.0 Å². The third-order valence-corrected chi connectivity index (χ3v) is 7.02. The second-order valence-corrected chi connectivity index (χ2v) is 8.78. The highest BCUT2D eigenvalue weighted by atomic mass is 32.2. The van der Waals surface area contributed by atoms with Crippen molar-refractivity contribution in [3.8, 4) is 5.75 Å². The first-order chi connectivity index (χ1) is 13.0. The van der Waals surface area contributed by atoms with Crippen LogP contribution in [0, 0.1) is 0 Å². The van der Waals surface area contributed by atoms with Gasteiger partial charge in [0.25, 0.3) is 0 Å². The number of nitrogens with one attached hydrogen (secondary N) is 1. The van der Waals surface area contributed by atoms with Gasteiger partial charge in [-0.25, -0.2) is 12.7 Å². The number of methoxy groups -OCH3 is 1. The molecule has 1 aromatic rings. The van der Waals surface area contributed by atoms with Crippen molar-refractivity contribution in [3.63, 3.8) is 0 Å². The molecule has 0 aliphatic carbocycles. The van der Waals surface area contributed by atoms with Crippen LogP contribution in [0.5, 0.6) is 5.75 Å². The first-order valence-electron chi connectivity index (χ1n) is 9.36. The zero-order chi connectivity index (χ0) is 19.3. The number of anilines is 1. The van der Waals surface area contributed by atoms with E-state index < -0.39 is 10.0 Å². The molecular formula is C18H29N5O3S. The molecule has 8 nitrogen and oxygen atoms in total. The van der Waals surface area contributed by atoms with Crippen LogP contribution in [-0.4, -0.2) is 89.3 Å². The summed E-state index contributed by atoms with van der Waals surface area (Å²) in [6.45, 7) is 5.13. The van der Waals surface area contributed by atoms with Gasteiger partial charge in [-0.2, -0.15) is 0 Å². The smallest absolute Gasteiger partial charge is 0.214 e. The van der Waals surface area contributed by atoms with Crippen LogP contribution in [-0.2, 0) is 10.0 Å². The number of piperazine rings is 1. The van der Waals surface area contributed by atoms with Gasteiger partial charge < -0.3 is 19.9 Å². The number of aliphatic imine (C=N–C) groups is 1. The first kappa shape index (κ1) is 19.8. The largest absolute Gasteiger partial charge is 0.495 e. The number of guanidine groups is 1. The quantitative estimate of drug-likeness (QED) is 0.575. The van der Waals surface area contributed by atoms with Crippen LogP contribution in [0.15, 0.2) is 29.3 Å².